The van der Waals surface area contributed by atoms with E-state index in [1.165, 1.54) is 5.56 Å². The summed E-state index contributed by atoms with van der Waals surface area (Å²) < 4.78 is 0. The van der Waals surface area contributed by atoms with Gasteiger partial charge in [0, 0.05) is 49.2 Å². The number of urea groups is 1. The fourth-order valence-electron chi connectivity index (χ4n) is 3.95. The molecule has 0 aliphatic carbocycles. The maximum Gasteiger partial charge on any atom is 0.323 e. The van der Waals surface area contributed by atoms with E-state index in [0.29, 0.717) is 5.91 Å². The number of benzene rings is 2. The number of aryl methyl sites for hydroxylation is 1. The van der Waals surface area contributed by atoms with Crippen LogP contribution in [0.3, 0.4) is 0 Å². The van der Waals surface area contributed by atoms with Crippen molar-refractivity contribution in [3.63, 3.8) is 0 Å². The highest BCUT2D eigenvalue weighted by Crippen LogP contribution is 2.21. The Morgan fingerprint density at radius 2 is 1.32 bits per heavy atom. The molecule has 2 aromatic carbocycles. The lowest BCUT2D eigenvalue weighted by Gasteiger charge is -2.37. The van der Waals surface area contributed by atoms with Gasteiger partial charge < -0.3 is 20.4 Å². The fourth-order valence-corrected chi connectivity index (χ4v) is 3.95. The SMILES string of the molecule is CCc1ccc(NC(=O)Nc2ccc(N3CCN(C(=O)C(CC)CC)CC3)cc2)cc1. The van der Waals surface area contributed by atoms with Gasteiger partial charge in [0.25, 0.3) is 0 Å². The zero-order valence-corrected chi connectivity index (χ0v) is 18.9. The Labute approximate surface area is 185 Å². The molecule has 2 aromatic rings. The lowest BCUT2D eigenvalue weighted by molar-refractivity contribution is -0.136. The van der Waals surface area contributed by atoms with Crippen LogP contribution in [0.2, 0.25) is 0 Å². The summed E-state index contributed by atoms with van der Waals surface area (Å²) in [5.41, 5.74) is 3.86. The van der Waals surface area contributed by atoms with E-state index in [1.807, 2.05) is 53.4 Å². The molecule has 6 heteroatoms. The lowest BCUT2D eigenvalue weighted by Crippen LogP contribution is -2.50. The summed E-state index contributed by atoms with van der Waals surface area (Å²) in [5.74, 6) is 0.437. The first-order chi connectivity index (χ1) is 15.0. The first kappa shape index (κ1) is 22.7. The van der Waals surface area contributed by atoms with Crippen molar-refractivity contribution in [3.05, 3.63) is 54.1 Å². The van der Waals surface area contributed by atoms with Crippen LogP contribution in [0.4, 0.5) is 21.9 Å². The van der Waals surface area contributed by atoms with Crippen molar-refractivity contribution in [2.75, 3.05) is 41.7 Å². The molecule has 1 heterocycles. The molecule has 0 unspecified atom stereocenters. The monoisotopic (exact) mass is 422 g/mol. The van der Waals surface area contributed by atoms with E-state index in [-0.39, 0.29) is 11.9 Å². The molecule has 0 aromatic heterocycles. The van der Waals surface area contributed by atoms with Gasteiger partial charge in [-0.3, -0.25) is 4.79 Å². The molecular formula is C25H34N4O2. The van der Waals surface area contributed by atoms with E-state index in [9.17, 15) is 9.59 Å². The Morgan fingerprint density at radius 1 is 0.806 bits per heavy atom. The Balaban J connectivity index is 1.50. The van der Waals surface area contributed by atoms with Crippen molar-refractivity contribution in [1.29, 1.82) is 0 Å². The first-order valence-corrected chi connectivity index (χ1v) is 11.3. The molecule has 166 valence electrons. The van der Waals surface area contributed by atoms with Crippen LogP contribution < -0.4 is 15.5 Å². The predicted octanol–water partition coefficient (Wildman–Crippen LogP) is 4.98. The van der Waals surface area contributed by atoms with Gasteiger partial charge >= 0.3 is 6.03 Å². The third kappa shape index (κ3) is 6.00. The van der Waals surface area contributed by atoms with Gasteiger partial charge in [0.2, 0.25) is 5.91 Å². The minimum Gasteiger partial charge on any atom is -0.368 e. The zero-order valence-electron chi connectivity index (χ0n) is 18.9. The van der Waals surface area contributed by atoms with E-state index in [4.69, 9.17) is 0 Å². The molecule has 0 radical (unpaired) electrons. The number of rotatable bonds is 7. The average molecular weight is 423 g/mol. The van der Waals surface area contributed by atoms with Crippen LogP contribution in [-0.4, -0.2) is 43.0 Å². The Morgan fingerprint density at radius 3 is 1.81 bits per heavy atom. The summed E-state index contributed by atoms with van der Waals surface area (Å²) >= 11 is 0. The molecule has 3 rings (SSSR count). The van der Waals surface area contributed by atoms with Crippen molar-refractivity contribution < 1.29 is 9.59 Å². The molecule has 0 saturated carbocycles. The van der Waals surface area contributed by atoms with Crippen molar-refractivity contribution in [1.82, 2.24) is 4.90 Å². The van der Waals surface area contributed by atoms with Crippen molar-refractivity contribution >= 4 is 29.0 Å². The highest BCUT2D eigenvalue weighted by atomic mass is 16.2. The zero-order chi connectivity index (χ0) is 22.2. The third-order valence-corrected chi connectivity index (χ3v) is 6.04. The standard InChI is InChI=1S/C25H34N4O2/c1-4-19-7-9-21(10-8-19)26-25(31)27-22-11-13-23(14-12-22)28-15-17-29(18-16-28)24(30)20(5-2)6-3/h7-14,20H,4-6,15-18H2,1-3H3,(H2,26,27,31). The highest BCUT2D eigenvalue weighted by molar-refractivity contribution is 5.99. The Kier molecular flexibility index (Phi) is 7.93. The van der Waals surface area contributed by atoms with Gasteiger partial charge in [-0.1, -0.05) is 32.9 Å². The Hall–Kier alpha value is -3.02. The second kappa shape index (κ2) is 10.8. The maximum atomic E-state index is 12.6. The molecule has 0 bridgehead atoms. The third-order valence-electron chi connectivity index (χ3n) is 6.04. The minimum absolute atomic E-state index is 0.146. The van der Waals surface area contributed by atoms with Crippen LogP contribution in [0.5, 0.6) is 0 Å². The molecule has 1 fully saturated rings. The number of amides is 3. The molecule has 6 nitrogen and oxygen atoms in total. The summed E-state index contributed by atoms with van der Waals surface area (Å²) in [6, 6.07) is 15.5. The van der Waals surface area contributed by atoms with Gasteiger partial charge in [-0.05, 0) is 61.2 Å². The topological polar surface area (TPSA) is 64.7 Å². The second-order valence-corrected chi connectivity index (χ2v) is 8.00. The smallest absolute Gasteiger partial charge is 0.323 e. The van der Waals surface area contributed by atoms with Crippen molar-refractivity contribution in [2.45, 2.75) is 40.0 Å². The van der Waals surface area contributed by atoms with Gasteiger partial charge in [-0.15, -0.1) is 0 Å². The summed E-state index contributed by atoms with van der Waals surface area (Å²) in [6.45, 7) is 9.44. The molecule has 0 atom stereocenters. The van der Waals surface area contributed by atoms with Gasteiger partial charge in [-0.25, -0.2) is 4.79 Å². The molecule has 0 spiro atoms. The van der Waals surface area contributed by atoms with Crippen LogP contribution in [0.25, 0.3) is 0 Å². The molecule has 1 aliphatic heterocycles. The van der Waals surface area contributed by atoms with Gasteiger partial charge in [0.1, 0.15) is 0 Å². The van der Waals surface area contributed by atoms with E-state index in [1.54, 1.807) is 0 Å². The molecule has 1 saturated heterocycles. The van der Waals surface area contributed by atoms with Crippen molar-refractivity contribution in [3.8, 4) is 0 Å². The number of hydrogen-bond acceptors (Lipinski definition) is 3. The minimum atomic E-state index is -0.259. The molecular weight excluding hydrogens is 388 g/mol. The molecule has 3 amide bonds. The van der Waals surface area contributed by atoms with Crippen LogP contribution in [0.15, 0.2) is 48.5 Å². The fraction of sp³-hybridized carbons (Fsp3) is 0.440. The number of nitrogens with one attached hydrogen (secondary N) is 2. The van der Waals surface area contributed by atoms with Crippen LogP contribution in [0.1, 0.15) is 39.2 Å². The predicted molar refractivity (Wildman–Crippen MR) is 128 cm³/mol. The number of piperazine rings is 1. The van der Waals surface area contributed by atoms with Crippen LogP contribution in [-0.2, 0) is 11.2 Å². The lowest BCUT2D eigenvalue weighted by atomic mass is 10.0. The van der Waals surface area contributed by atoms with Gasteiger partial charge in [0.15, 0.2) is 0 Å². The average Bonchev–Trinajstić information content (AvgIpc) is 2.81. The van der Waals surface area contributed by atoms with Gasteiger partial charge in [0.05, 0.1) is 0 Å². The number of hydrogen-bond donors (Lipinski definition) is 2. The summed E-state index contributed by atoms with van der Waals surface area (Å²) in [5, 5.41) is 5.73. The van der Waals surface area contributed by atoms with Crippen LogP contribution in [0, 0.1) is 5.92 Å². The maximum absolute atomic E-state index is 12.6. The Bertz CT molecular complexity index is 852. The first-order valence-electron chi connectivity index (χ1n) is 11.3. The summed E-state index contributed by atoms with van der Waals surface area (Å²) in [6.07, 6.45) is 2.78. The summed E-state index contributed by atoms with van der Waals surface area (Å²) in [4.78, 5) is 29.1. The summed E-state index contributed by atoms with van der Waals surface area (Å²) in [7, 11) is 0. The number of anilines is 3. The molecule has 1 aliphatic rings. The van der Waals surface area contributed by atoms with E-state index >= 15 is 0 Å². The quantitative estimate of drug-likeness (QED) is 0.662. The highest BCUT2D eigenvalue weighted by Gasteiger charge is 2.25. The van der Waals surface area contributed by atoms with Gasteiger partial charge in [-0.2, -0.15) is 0 Å². The number of carbonyl (C=O) groups excluding carboxylic acids is 2. The molecule has 2 N–H and O–H groups in total. The second-order valence-electron chi connectivity index (χ2n) is 8.00. The molecule has 31 heavy (non-hydrogen) atoms. The largest absolute Gasteiger partial charge is 0.368 e. The van der Waals surface area contributed by atoms with E-state index < -0.39 is 0 Å². The van der Waals surface area contributed by atoms with Crippen LogP contribution >= 0.6 is 0 Å². The number of carbonyl (C=O) groups is 2. The van der Waals surface area contributed by atoms with E-state index in [0.717, 1.165) is 62.5 Å². The number of nitrogens with zero attached hydrogens (tertiary/aromatic N) is 2. The van der Waals surface area contributed by atoms with E-state index in [2.05, 4.69) is 36.3 Å². The normalized spacial score (nSPS) is 13.9. The van der Waals surface area contributed by atoms with Crippen molar-refractivity contribution in [2.24, 2.45) is 5.92 Å².